The van der Waals surface area contributed by atoms with Gasteiger partial charge in [-0.15, -0.1) is 0 Å². The number of aromatic nitrogens is 1. The first-order valence-electron chi connectivity index (χ1n) is 5.97. The van der Waals surface area contributed by atoms with Gasteiger partial charge >= 0.3 is 0 Å². The Morgan fingerprint density at radius 1 is 1.62 bits per heavy atom. The van der Waals surface area contributed by atoms with Crippen LogP contribution in [0.15, 0.2) is 12.3 Å². The van der Waals surface area contributed by atoms with E-state index in [-0.39, 0.29) is 5.91 Å². The van der Waals surface area contributed by atoms with E-state index >= 15 is 0 Å². The molecule has 1 aliphatic carbocycles. The summed E-state index contributed by atoms with van der Waals surface area (Å²) in [7, 11) is 0. The molecule has 4 nitrogen and oxygen atoms in total. The Hall–Kier alpha value is -1.45. The number of carbonyl (C=O) groups excluding carboxylic acids is 1. The Morgan fingerprint density at radius 2 is 2.38 bits per heavy atom. The average molecular weight is 221 g/mol. The highest BCUT2D eigenvalue weighted by Gasteiger charge is 2.21. The molecule has 1 heterocycles. The molecule has 1 aliphatic rings. The SMILES string of the molecule is CCCn1cc(N)cc1C(=O)NC1CCC1. The molecule has 0 spiro atoms. The van der Waals surface area contributed by atoms with Gasteiger partial charge in [0, 0.05) is 18.8 Å². The highest BCUT2D eigenvalue weighted by atomic mass is 16.2. The lowest BCUT2D eigenvalue weighted by Gasteiger charge is -2.26. The van der Waals surface area contributed by atoms with Crippen LogP contribution in [0.25, 0.3) is 0 Å². The number of amides is 1. The number of anilines is 1. The summed E-state index contributed by atoms with van der Waals surface area (Å²) in [5.41, 5.74) is 7.07. The van der Waals surface area contributed by atoms with Crippen LogP contribution in [0.1, 0.15) is 43.1 Å². The van der Waals surface area contributed by atoms with Crippen LogP contribution in [0.5, 0.6) is 0 Å². The average Bonchev–Trinajstić information content (AvgIpc) is 2.54. The maximum absolute atomic E-state index is 12.0. The quantitative estimate of drug-likeness (QED) is 0.814. The fourth-order valence-electron chi connectivity index (χ4n) is 1.96. The molecule has 0 atom stereocenters. The van der Waals surface area contributed by atoms with E-state index < -0.39 is 0 Å². The van der Waals surface area contributed by atoms with Crippen LogP contribution < -0.4 is 11.1 Å². The summed E-state index contributed by atoms with van der Waals surface area (Å²) in [6.45, 7) is 2.93. The second kappa shape index (κ2) is 4.60. The molecule has 0 saturated heterocycles. The van der Waals surface area contributed by atoms with Crippen LogP contribution in [0, 0.1) is 0 Å². The molecule has 3 N–H and O–H groups in total. The molecule has 2 rings (SSSR count). The van der Waals surface area contributed by atoms with E-state index in [4.69, 9.17) is 5.73 Å². The second-order valence-electron chi connectivity index (χ2n) is 4.45. The highest BCUT2D eigenvalue weighted by molar-refractivity contribution is 5.94. The summed E-state index contributed by atoms with van der Waals surface area (Å²) in [4.78, 5) is 12.0. The van der Waals surface area contributed by atoms with Gasteiger partial charge in [-0.05, 0) is 31.7 Å². The Bertz CT molecular complexity index is 380. The highest BCUT2D eigenvalue weighted by Crippen LogP contribution is 2.19. The molecule has 1 amide bonds. The van der Waals surface area contributed by atoms with E-state index in [0.717, 1.165) is 25.8 Å². The summed E-state index contributed by atoms with van der Waals surface area (Å²) < 4.78 is 1.93. The molecular weight excluding hydrogens is 202 g/mol. The topological polar surface area (TPSA) is 60.0 Å². The summed E-state index contributed by atoms with van der Waals surface area (Å²) >= 11 is 0. The van der Waals surface area contributed by atoms with Gasteiger partial charge in [0.05, 0.1) is 5.69 Å². The minimum atomic E-state index is 0.00912. The number of hydrogen-bond acceptors (Lipinski definition) is 2. The molecule has 1 aromatic rings. The van der Waals surface area contributed by atoms with Crippen LogP contribution in [0.4, 0.5) is 5.69 Å². The Morgan fingerprint density at radius 3 is 2.94 bits per heavy atom. The molecule has 0 bridgehead atoms. The van der Waals surface area contributed by atoms with Crippen molar-refractivity contribution in [3.8, 4) is 0 Å². The number of rotatable bonds is 4. The summed E-state index contributed by atoms with van der Waals surface area (Å²) in [6, 6.07) is 2.13. The molecule has 1 aromatic heterocycles. The Balaban J connectivity index is 2.07. The molecule has 1 fully saturated rings. The van der Waals surface area contributed by atoms with Gasteiger partial charge in [-0.3, -0.25) is 4.79 Å². The molecule has 88 valence electrons. The third-order valence-corrected chi connectivity index (χ3v) is 3.06. The summed E-state index contributed by atoms with van der Waals surface area (Å²) in [5, 5.41) is 3.03. The minimum Gasteiger partial charge on any atom is -0.397 e. The molecule has 0 aromatic carbocycles. The normalized spacial score (nSPS) is 15.8. The zero-order valence-corrected chi connectivity index (χ0v) is 9.70. The fraction of sp³-hybridized carbons (Fsp3) is 0.583. The van der Waals surface area contributed by atoms with Gasteiger partial charge in [0.2, 0.25) is 0 Å². The zero-order valence-electron chi connectivity index (χ0n) is 9.70. The second-order valence-corrected chi connectivity index (χ2v) is 4.45. The smallest absolute Gasteiger partial charge is 0.268 e. The van der Waals surface area contributed by atoms with Gasteiger partial charge < -0.3 is 15.6 Å². The number of carbonyl (C=O) groups is 1. The first-order chi connectivity index (χ1) is 7.70. The lowest BCUT2D eigenvalue weighted by Crippen LogP contribution is -2.40. The van der Waals surface area contributed by atoms with Gasteiger partial charge in [0.1, 0.15) is 5.69 Å². The Labute approximate surface area is 95.8 Å². The van der Waals surface area contributed by atoms with Crippen LogP contribution >= 0.6 is 0 Å². The number of aryl methyl sites for hydroxylation is 1. The number of nitrogens with one attached hydrogen (secondary N) is 1. The van der Waals surface area contributed by atoms with Gasteiger partial charge in [-0.2, -0.15) is 0 Å². The molecule has 16 heavy (non-hydrogen) atoms. The molecule has 0 aliphatic heterocycles. The van der Waals surface area contributed by atoms with E-state index in [1.165, 1.54) is 6.42 Å². The monoisotopic (exact) mass is 221 g/mol. The maximum atomic E-state index is 12.0. The maximum Gasteiger partial charge on any atom is 0.268 e. The van der Waals surface area contributed by atoms with Crippen molar-refractivity contribution in [2.75, 3.05) is 5.73 Å². The number of nitrogens with zero attached hydrogens (tertiary/aromatic N) is 1. The standard InChI is InChI=1S/C12H19N3O/c1-2-6-15-8-9(13)7-11(15)12(16)14-10-4-3-5-10/h7-8,10H,2-6,13H2,1H3,(H,14,16). The van der Waals surface area contributed by atoms with Gasteiger partial charge in [0.15, 0.2) is 0 Å². The van der Waals surface area contributed by atoms with E-state index in [1.807, 2.05) is 10.8 Å². The molecule has 4 heteroatoms. The lowest BCUT2D eigenvalue weighted by molar-refractivity contribution is 0.0907. The summed E-state index contributed by atoms with van der Waals surface area (Å²) in [6.07, 6.45) is 6.27. The van der Waals surface area contributed by atoms with Crippen molar-refractivity contribution in [1.82, 2.24) is 9.88 Å². The van der Waals surface area contributed by atoms with E-state index in [2.05, 4.69) is 12.2 Å². The number of nitrogens with two attached hydrogens (primary N) is 1. The van der Waals surface area contributed by atoms with Crippen molar-refractivity contribution in [1.29, 1.82) is 0 Å². The molecule has 1 saturated carbocycles. The lowest BCUT2D eigenvalue weighted by atomic mass is 9.93. The summed E-state index contributed by atoms with van der Waals surface area (Å²) in [5.74, 6) is 0.00912. The first kappa shape index (κ1) is 11.0. The number of nitrogen functional groups attached to an aromatic ring is 1. The van der Waals surface area contributed by atoms with E-state index in [9.17, 15) is 4.79 Å². The van der Waals surface area contributed by atoms with Gasteiger partial charge in [0.25, 0.3) is 5.91 Å². The molecular formula is C12H19N3O. The van der Waals surface area contributed by atoms with Crippen molar-refractivity contribution in [3.05, 3.63) is 18.0 Å². The Kier molecular flexibility index (Phi) is 3.17. The third kappa shape index (κ3) is 2.21. The van der Waals surface area contributed by atoms with Crippen LogP contribution in [-0.4, -0.2) is 16.5 Å². The first-order valence-corrected chi connectivity index (χ1v) is 5.97. The van der Waals surface area contributed by atoms with Gasteiger partial charge in [-0.25, -0.2) is 0 Å². The fourth-order valence-corrected chi connectivity index (χ4v) is 1.96. The van der Waals surface area contributed by atoms with Crippen molar-refractivity contribution in [3.63, 3.8) is 0 Å². The predicted molar refractivity (Wildman–Crippen MR) is 64.2 cm³/mol. The minimum absolute atomic E-state index is 0.00912. The molecule has 0 unspecified atom stereocenters. The van der Waals surface area contributed by atoms with Crippen molar-refractivity contribution >= 4 is 11.6 Å². The van der Waals surface area contributed by atoms with E-state index in [1.54, 1.807) is 6.07 Å². The van der Waals surface area contributed by atoms with Crippen LogP contribution in [-0.2, 0) is 6.54 Å². The van der Waals surface area contributed by atoms with Crippen molar-refractivity contribution in [2.45, 2.75) is 45.2 Å². The third-order valence-electron chi connectivity index (χ3n) is 3.06. The predicted octanol–water partition coefficient (Wildman–Crippen LogP) is 1.76. The molecule has 0 radical (unpaired) electrons. The van der Waals surface area contributed by atoms with Crippen molar-refractivity contribution < 1.29 is 4.79 Å². The number of hydrogen-bond donors (Lipinski definition) is 2. The van der Waals surface area contributed by atoms with Gasteiger partial charge in [-0.1, -0.05) is 6.92 Å². The zero-order chi connectivity index (χ0) is 11.5. The van der Waals surface area contributed by atoms with Crippen LogP contribution in [0.3, 0.4) is 0 Å². The van der Waals surface area contributed by atoms with Crippen LogP contribution in [0.2, 0.25) is 0 Å². The van der Waals surface area contributed by atoms with Crippen molar-refractivity contribution in [2.24, 2.45) is 0 Å². The van der Waals surface area contributed by atoms with E-state index in [0.29, 0.717) is 17.4 Å². The largest absolute Gasteiger partial charge is 0.397 e.